The summed E-state index contributed by atoms with van der Waals surface area (Å²) in [6.07, 6.45) is 2.91. The van der Waals surface area contributed by atoms with Gasteiger partial charge in [0.05, 0.1) is 17.6 Å². The molecular formula is C14H23NO5. The average Bonchev–Trinajstić information content (AvgIpc) is 2.62. The molecule has 0 aromatic carbocycles. The summed E-state index contributed by atoms with van der Waals surface area (Å²) < 4.78 is 0. The van der Waals surface area contributed by atoms with Gasteiger partial charge >= 0.3 is 5.97 Å². The SMILES string of the molecule is O=C(CC1(C(=O)O)CCCCCC1)N1C[C@@H](O)[C@@H](O)C1. The first-order valence-corrected chi connectivity index (χ1v) is 7.32. The predicted molar refractivity (Wildman–Crippen MR) is 71.0 cm³/mol. The van der Waals surface area contributed by atoms with Crippen LogP contribution in [0.4, 0.5) is 0 Å². The van der Waals surface area contributed by atoms with Crippen molar-refractivity contribution >= 4 is 11.9 Å². The number of carboxylic acid groups (broad SMARTS) is 1. The lowest BCUT2D eigenvalue weighted by molar-refractivity contribution is -0.154. The first-order valence-electron chi connectivity index (χ1n) is 7.32. The number of aliphatic hydroxyl groups is 2. The van der Waals surface area contributed by atoms with Crippen LogP contribution in [0.3, 0.4) is 0 Å². The van der Waals surface area contributed by atoms with Crippen LogP contribution >= 0.6 is 0 Å². The van der Waals surface area contributed by atoms with E-state index in [2.05, 4.69) is 0 Å². The Morgan fingerprint density at radius 3 is 1.95 bits per heavy atom. The van der Waals surface area contributed by atoms with Crippen LogP contribution in [0, 0.1) is 5.41 Å². The number of nitrogens with zero attached hydrogens (tertiary/aromatic N) is 1. The molecule has 1 saturated heterocycles. The minimum absolute atomic E-state index is 0.0260. The number of aliphatic carboxylic acids is 1. The minimum Gasteiger partial charge on any atom is -0.481 e. The molecule has 1 aliphatic carbocycles. The summed E-state index contributed by atoms with van der Waals surface area (Å²) in [4.78, 5) is 25.3. The number of likely N-dealkylation sites (tertiary alicyclic amines) is 1. The molecule has 0 bridgehead atoms. The van der Waals surface area contributed by atoms with E-state index in [9.17, 15) is 24.9 Å². The number of hydrogen-bond acceptors (Lipinski definition) is 4. The molecule has 20 heavy (non-hydrogen) atoms. The molecule has 0 unspecified atom stereocenters. The molecule has 2 fully saturated rings. The average molecular weight is 285 g/mol. The van der Waals surface area contributed by atoms with Crippen LogP contribution in [0.5, 0.6) is 0 Å². The monoisotopic (exact) mass is 285 g/mol. The summed E-state index contributed by atoms with van der Waals surface area (Å²) in [6, 6.07) is 0. The van der Waals surface area contributed by atoms with Crippen LogP contribution in [0.15, 0.2) is 0 Å². The first-order chi connectivity index (χ1) is 9.44. The van der Waals surface area contributed by atoms with Crippen molar-refractivity contribution in [3.05, 3.63) is 0 Å². The molecule has 2 aliphatic rings. The quantitative estimate of drug-likeness (QED) is 0.651. The van der Waals surface area contributed by atoms with E-state index in [0.717, 1.165) is 25.7 Å². The topological polar surface area (TPSA) is 98.1 Å². The normalized spacial score (nSPS) is 30.0. The fraction of sp³-hybridized carbons (Fsp3) is 0.857. The predicted octanol–water partition coefficient (Wildman–Crippen LogP) is 0.366. The standard InChI is InChI=1S/C14H23NO5/c16-10-8-15(9-11(10)17)12(18)7-14(13(19)20)5-3-1-2-4-6-14/h10-11,16-17H,1-9H2,(H,19,20)/t10-,11+. The summed E-state index contributed by atoms with van der Waals surface area (Å²) >= 11 is 0. The van der Waals surface area contributed by atoms with Gasteiger partial charge in [0.25, 0.3) is 0 Å². The molecule has 0 aromatic rings. The van der Waals surface area contributed by atoms with Gasteiger partial charge in [-0.25, -0.2) is 0 Å². The van der Waals surface area contributed by atoms with Gasteiger partial charge in [-0.2, -0.15) is 0 Å². The van der Waals surface area contributed by atoms with Crippen molar-refractivity contribution in [2.45, 2.75) is 57.2 Å². The maximum absolute atomic E-state index is 12.3. The minimum atomic E-state index is -0.966. The molecule has 0 spiro atoms. The van der Waals surface area contributed by atoms with Crippen molar-refractivity contribution in [3.63, 3.8) is 0 Å². The lowest BCUT2D eigenvalue weighted by Crippen LogP contribution is -2.39. The molecule has 0 aromatic heterocycles. The number of carboxylic acids is 1. The lowest BCUT2D eigenvalue weighted by atomic mass is 9.77. The van der Waals surface area contributed by atoms with E-state index in [0.29, 0.717) is 12.8 Å². The highest BCUT2D eigenvalue weighted by Gasteiger charge is 2.43. The molecule has 6 heteroatoms. The Hall–Kier alpha value is -1.14. The number of hydrogen-bond donors (Lipinski definition) is 3. The summed E-state index contributed by atoms with van der Waals surface area (Å²) in [7, 11) is 0. The fourth-order valence-electron chi connectivity index (χ4n) is 3.25. The molecule has 2 rings (SSSR count). The van der Waals surface area contributed by atoms with Gasteiger partial charge in [-0.15, -0.1) is 0 Å². The highest BCUT2D eigenvalue weighted by atomic mass is 16.4. The Bertz CT molecular complexity index is 366. The molecule has 1 aliphatic heterocycles. The van der Waals surface area contributed by atoms with Crippen LogP contribution in [-0.2, 0) is 9.59 Å². The molecule has 2 atom stereocenters. The molecule has 1 amide bonds. The van der Waals surface area contributed by atoms with Gasteiger partial charge < -0.3 is 20.2 Å². The van der Waals surface area contributed by atoms with Crippen LogP contribution < -0.4 is 0 Å². The third-order valence-corrected chi connectivity index (χ3v) is 4.62. The van der Waals surface area contributed by atoms with Crippen molar-refractivity contribution < 1.29 is 24.9 Å². The zero-order valence-electron chi connectivity index (χ0n) is 11.6. The van der Waals surface area contributed by atoms with Crippen molar-refractivity contribution in [3.8, 4) is 0 Å². The molecule has 1 heterocycles. The third kappa shape index (κ3) is 3.12. The number of β-amino-alcohol motifs (C(OH)–C–C–N with tert-alkyl or cyclic N) is 2. The van der Waals surface area contributed by atoms with Gasteiger partial charge in [0.15, 0.2) is 0 Å². The van der Waals surface area contributed by atoms with Crippen molar-refractivity contribution in [2.24, 2.45) is 5.41 Å². The highest BCUT2D eigenvalue weighted by Crippen LogP contribution is 2.39. The van der Waals surface area contributed by atoms with E-state index >= 15 is 0 Å². The lowest BCUT2D eigenvalue weighted by Gasteiger charge is -2.29. The van der Waals surface area contributed by atoms with E-state index in [4.69, 9.17) is 0 Å². The van der Waals surface area contributed by atoms with E-state index < -0.39 is 23.6 Å². The number of carbonyl (C=O) groups excluding carboxylic acids is 1. The largest absolute Gasteiger partial charge is 0.481 e. The van der Waals surface area contributed by atoms with Crippen LogP contribution in [-0.4, -0.2) is 57.4 Å². The van der Waals surface area contributed by atoms with Gasteiger partial charge in [0, 0.05) is 19.5 Å². The highest BCUT2D eigenvalue weighted by molar-refractivity contribution is 5.85. The Labute approximate surface area is 118 Å². The van der Waals surface area contributed by atoms with Gasteiger partial charge in [0.2, 0.25) is 5.91 Å². The molecular weight excluding hydrogens is 262 g/mol. The number of aliphatic hydroxyl groups excluding tert-OH is 2. The van der Waals surface area contributed by atoms with E-state index in [1.54, 1.807) is 0 Å². The first kappa shape index (κ1) is 15.3. The van der Waals surface area contributed by atoms with E-state index in [1.807, 2.05) is 0 Å². The molecule has 0 radical (unpaired) electrons. The van der Waals surface area contributed by atoms with Crippen LogP contribution in [0.2, 0.25) is 0 Å². The second kappa shape index (κ2) is 6.10. The molecule has 3 N–H and O–H groups in total. The number of rotatable bonds is 3. The smallest absolute Gasteiger partial charge is 0.310 e. The second-order valence-electron chi connectivity index (χ2n) is 6.11. The summed E-state index contributed by atoms with van der Waals surface area (Å²) in [5, 5.41) is 28.5. The maximum atomic E-state index is 12.3. The summed E-state index contributed by atoms with van der Waals surface area (Å²) in [5.41, 5.74) is -0.966. The van der Waals surface area contributed by atoms with Gasteiger partial charge in [0.1, 0.15) is 0 Å². The second-order valence-corrected chi connectivity index (χ2v) is 6.11. The van der Waals surface area contributed by atoms with Gasteiger partial charge in [-0.05, 0) is 12.8 Å². The van der Waals surface area contributed by atoms with E-state index in [1.165, 1.54) is 4.90 Å². The van der Waals surface area contributed by atoms with Crippen LogP contribution in [0.1, 0.15) is 44.9 Å². The number of carbonyl (C=O) groups is 2. The fourth-order valence-corrected chi connectivity index (χ4v) is 3.25. The molecule has 114 valence electrons. The summed E-state index contributed by atoms with van der Waals surface area (Å²) in [6.45, 7) is 0.186. The Balaban J connectivity index is 2.04. The zero-order valence-corrected chi connectivity index (χ0v) is 11.6. The van der Waals surface area contributed by atoms with Crippen molar-refractivity contribution in [2.75, 3.05) is 13.1 Å². The molecule has 6 nitrogen and oxygen atoms in total. The van der Waals surface area contributed by atoms with Crippen molar-refractivity contribution in [1.29, 1.82) is 0 Å². The van der Waals surface area contributed by atoms with Gasteiger partial charge in [-0.3, -0.25) is 9.59 Å². The molecule has 1 saturated carbocycles. The maximum Gasteiger partial charge on any atom is 0.310 e. The van der Waals surface area contributed by atoms with E-state index in [-0.39, 0.29) is 25.4 Å². The van der Waals surface area contributed by atoms with Crippen LogP contribution in [0.25, 0.3) is 0 Å². The van der Waals surface area contributed by atoms with Gasteiger partial charge in [-0.1, -0.05) is 25.7 Å². The Morgan fingerprint density at radius 2 is 1.50 bits per heavy atom. The third-order valence-electron chi connectivity index (χ3n) is 4.62. The Morgan fingerprint density at radius 1 is 1.00 bits per heavy atom. The van der Waals surface area contributed by atoms with Crippen molar-refractivity contribution in [1.82, 2.24) is 4.90 Å². The number of amides is 1. The Kier molecular flexibility index (Phi) is 4.65. The zero-order chi connectivity index (χ0) is 14.8. The summed E-state index contributed by atoms with van der Waals surface area (Å²) in [5.74, 6) is -1.17.